The summed E-state index contributed by atoms with van der Waals surface area (Å²) in [6.45, 7) is 17.7. The molecule has 1 aliphatic rings. The van der Waals surface area contributed by atoms with Crippen LogP contribution in [0.5, 0.6) is 0 Å². The van der Waals surface area contributed by atoms with Gasteiger partial charge in [0.2, 0.25) is 5.91 Å². The van der Waals surface area contributed by atoms with Crippen molar-refractivity contribution in [1.29, 1.82) is 0 Å². The first kappa shape index (κ1) is 17.5. The molecule has 116 valence electrons. The average Bonchev–Trinajstić information content (AvgIpc) is 2.49. The van der Waals surface area contributed by atoms with Gasteiger partial charge in [0.05, 0.1) is 11.2 Å². The molecule has 0 aliphatic carbocycles. The van der Waals surface area contributed by atoms with Gasteiger partial charge in [-0.1, -0.05) is 13.8 Å². The molecular weight excluding hydrogens is 253 g/mol. The zero-order chi connectivity index (χ0) is 15.8. The number of hydrogen-bond acceptors (Lipinski definition) is 3. The van der Waals surface area contributed by atoms with Crippen LogP contribution in [0.15, 0.2) is 0 Å². The predicted molar refractivity (Wildman–Crippen MR) is 82.7 cm³/mol. The monoisotopic (exact) mass is 283 g/mol. The predicted octanol–water partition coefficient (Wildman–Crippen LogP) is 3.12. The van der Waals surface area contributed by atoms with Crippen LogP contribution >= 0.6 is 0 Å². The van der Waals surface area contributed by atoms with Crippen LogP contribution in [0, 0.1) is 0 Å². The summed E-state index contributed by atoms with van der Waals surface area (Å²) in [6, 6.07) is 0. The molecule has 1 fully saturated rings. The van der Waals surface area contributed by atoms with E-state index in [2.05, 4.69) is 0 Å². The topological polar surface area (TPSA) is 38.8 Å². The van der Waals surface area contributed by atoms with Crippen molar-refractivity contribution in [2.24, 2.45) is 0 Å². The van der Waals surface area contributed by atoms with Gasteiger partial charge in [0.15, 0.2) is 0 Å². The summed E-state index contributed by atoms with van der Waals surface area (Å²) >= 11 is 0. The number of nitrogens with zero attached hydrogens (tertiary/aromatic N) is 1. The van der Waals surface area contributed by atoms with Gasteiger partial charge in [-0.2, -0.15) is 0 Å². The summed E-state index contributed by atoms with van der Waals surface area (Å²) < 4.78 is 12.2. The SMILES string of the molecule is CCN(CC)C(=O)CC(C)(C)B1OC(C)(C)C(C)(C)O1. The van der Waals surface area contributed by atoms with E-state index in [1.807, 2.05) is 60.3 Å². The van der Waals surface area contributed by atoms with E-state index in [4.69, 9.17) is 9.31 Å². The van der Waals surface area contributed by atoms with Gasteiger partial charge in [-0.3, -0.25) is 4.79 Å². The Morgan fingerprint density at radius 2 is 1.45 bits per heavy atom. The van der Waals surface area contributed by atoms with Crippen molar-refractivity contribution in [3.8, 4) is 0 Å². The van der Waals surface area contributed by atoms with E-state index < -0.39 is 0 Å². The van der Waals surface area contributed by atoms with E-state index in [1.165, 1.54) is 0 Å². The summed E-state index contributed by atoms with van der Waals surface area (Å²) in [5, 5.41) is -0.343. The lowest BCUT2D eigenvalue weighted by atomic mass is 9.58. The molecule has 0 aromatic heterocycles. The van der Waals surface area contributed by atoms with E-state index in [-0.39, 0.29) is 29.5 Å². The van der Waals surface area contributed by atoms with Crippen molar-refractivity contribution in [1.82, 2.24) is 4.90 Å². The summed E-state index contributed by atoms with van der Waals surface area (Å²) in [7, 11) is -0.355. The molecule has 0 aromatic rings. The Hall–Kier alpha value is -0.545. The highest BCUT2D eigenvalue weighted by atomic mass is 16.7. The van der Waals surface area contributed by atoms with Crippen molar-refractivity contribution in [2.75, 3.05) is 13.1 Å². The second kappa shape index (κ2) is 5.68. The number of carbonyl (C=O) groups excluding carboxylic acids is 1. The maximum Gasteiger partial charge on any atom is 0.464 e. The highest BCUT2D eigenvalue weighted by Gasteiger charge is 2.56. The third-order valence-electron chi connectivity index (χ3n) is 4.61. The Bertz CT molecular complexity index is 346. The Morgan fingerprint density at radius 1 is 1.05 bits per heavy atom. The summed E-state index contributed by atoms with van der Waals surface area (Å²) in [5.74, 6) is 0.162. The molecule has 1 rings (SSSR count). The first-order valence-electron chi connectivity index (χ1n) is 7.60. The standard InChI is InChI=1S/C15H30BNO3/c1-9-17(10-2)12(18)11-13(3,4)16-19-14(5,6)15(7,8)20-16/h9-11H2,1-8H3. The first-order chi connectivity index (χ1) is 8.97. The van der Waals surface area contributed by atoms with Crippen molar-refractivity contribution >= 4 is 13.0 Å². The molecule has 5 heteroatoms. The number of amides is 1. The van der Waals surface area contributed by atoms with Crippen molar-refractivity contribution in [2.45, 2.75) is 78.3 Å². The van der Waals surface area contributed by atoms with E-state index in [1.54, 1.807) is 0 Å². The number of rotatable bonds is 5. The van der Waals surface area contributed by atoms with Crippen LogP contribution in [0.1, 0.15) is 61.8 Å². The largest absolute Gasteiger partial charge is 0.464 e. The fourth-order valence-electron chi connectivity index (χ4n) is 2.32. The van der Waals surface area contributed by atoms with Gasteiger partial charge in [-0.25, -0.2) is 0 Å². The summed E-state index contributed by atoms with van der Waals surface area (Å²) in [4.78, 5) is 14.2. The molecule has 1 amide bonds. The van der Waals surface area contributed by atoms with Gasteiger partial charge in [-0.05, 0) is 41.5 Å². The molecule has 0 aromatic carbocycles. The zero-order valence-corrected chi connectivity index (χ0v) is 14.4. The van der Waals surface area contributed by atoms with Crippen LogP contribution in [0.4, 0.5) is 0 Å². The summed E-state index contributed by atoms with van der Waals surface area (Å²) in [5.41, 5.74) is -0.708. The van der Waals surface area contributed by atoms with Crippen LogP contribution < -0.4 is 0 Å². The molecule has 1 aliphatic heterocycles. The van der Waals surface area contributed by atoms with E-state index >= 15 is 0 Å². The Kier molecular flexibility index (Phi) is 4.97. The molecule has 0 spiro atoms. The molecule has 0 bridgehead atoms. The highest BCUT2D eigenvalue weighted by Crippen LogP contribution is 2.46. The van der Waals surface area contributed by atoms with Gasteiger partial charge >= 0.3 is 7.12 Å². The highest BCUT2D eigenvalue weighted by molar-refractivity contribution is 6.49. The Morgan fingerprint density at radius 3 is 1.80 bits per heavy atom. The van der Waals surface area contributed by atoms with Gasteiger partial charge in [0.25, 0.3) is 0 Å². The molecule has 0 atom stereocenters. The Labute approximate surface area is 124 Å². The van der Waals surface area contributed by atoms with Crippen LogP contribution in [0.25, 0.3) is 0 Å². The van der Waals surface area contributed by atoms with Gasteiger partial charge in [0.1, 0.15) is 0 Å². The molecule has 1 saturated heterocycles. The molecule has 0 saturated carbocycles. The number of hydrogen-bond donors (Lipinski definition) is 0. The van der Waals surface area contributed by atoms with Gasteiger partial charge in [0, 0.05) is 24.8 Å². The van der Waals surface area contributed by atoms with Crippen LogP contribution in [-0.2, 0) is 14.1 Å². The first-order valence-corrected chi connectivity index (χ1v) is 7.60. The molecular formula is C15H30BNO3. The molecule has 20 heavy (non-hydrogen) atoms. The third-order valence-corrected chi connectivity index (χ3v) is 4.61. The second-order valence-electron chi connectivity index (χ2n) is 7.32. The Balaban J connectivity index is 2.78. The van der Waals surface area contributed by atoms with Crippen LogP contribution in [-0.4, -0.2) is 42.2 Å². The molecule has 0 unspecified atom stereocenters. The average molecular weight is 283 g/mol. The van der Waals surface area contributed by atoms with Gasteiger partial charge in [-0.15, -0.1) is 0 Å². The lowest BCUT2D eigenvalue weighted by Crippen LogP contribution is -2.41. The molecule has 1 heterocycles. The third kappa shape index (κ3) is 3.37. The lowest BCUT2D eigenvalue weighted by molar-refractivity contribution is -0.131. The second-order valence-corrected chi connectivity index (χ2v) is 7.32. The minimum absolute atomic E-state index is 0.162. The lowest BCUT2D eigenvalue weighted by Gasteiger charge is -2.32. The molecule has 0 N–H and O–H groups in total. The minimum Gasteiger partial charge on any atom is -0.403 e. The van der Waals surface area contributed by atoms with Crippen LogP contribution in [0.3, 0.4) is 0 Å². The summed E-state index contributed by atoms with van der Waals surface area (Å²) in [6.07, 6.45) is 0.436. The van der Waals surface area contributed by atoms with Crippen molar-refractivity contribution in [3.63, 3.8) is 0 Å². The normalized spacial score (nSPS) is 21.1. The van der Waals surface area contributed by atoms with E-state index in [0.717, 1.165) is 13.1 Å². The van der Waals surface area contributed by atoms with Gasteiger partial charge < -0.3 is 14.2 Å². The minimum atomic E-state index is -0.355. The maximum absolute atomic E-state index is 12.3. The number of carbonyl (C=O) groups is 1. The zero-order valence-electron chi connectivity index (χ0n) is 14.4. The fraction of sp³-hybridized carbons (Fsp3) is 0.933. The van der Waals surface area contributed by atoms with E-state index in [0.29, 0.717) is 6.42 Å². The molecule has 0 radical (unpaired) electrons. The fourth-order valence-corrected chi connectivity index (χ4v) is 2.32. The van der Waals surface area contributed by atoms with Crippen molar-refractivity contribution < 1.29 is 14.1 Å². The van der Waals surface area contributed by atoms with Crippen molar-refractivity contribution in [3.05, 3.63) is 0 Å². The van der Waals surface area contributed by atoms with Crippen LogP contribution in [0.2, 0.25) is 5.31 Å². The molecule has 4 nitrogen and oxygen atoms in total. The van der Waals surface area contributed by atoms with E-state index in [9.17, 15) is 4.79 Å². The quantitative estimate of drug-likeness (QED) is 0.728. The smallest absolute Gasteiger partial charge is 0.403 e. The maximum atomic E-state index is 12.3.